The maximum absolute atomic E-state index is 16.0. The molecule has 0 bridgehead atoms. The number of carbonyl (C=O) groups excluding carboxylic acids is 1. The molecule has 41 heavy (non-hydrogen) atoms. The number of nitrogens with zero attached hydrogens (tertiary/aromatic N) is 4. The van der Waals surface area contributed by atoms with Gasteiger partial charge in [-0.15, -0.1) is 0 Å². The van der Waals surface area contributed by atoms with Gasteiger partial charge >= 0.3 is 5.97 Å². The topological polar surface area (TPSA) is 91.2 Å². The molecule has 8 nitrogen and oxygen atoms in total. The zero-order valence-electron chi connectivity index (χ0n) is 24.8. The van der Waals surface area contributed by atoms with E-state index in [1.54, 1.807) is 33.2 Å². The number of hydrogen-bond acceptors (Lipinski definition) is 7. The summed E-state index contributed by atoms with van der Waals surface area (Å²) in [4.78, 5) is 22.7. The molecule has 0 saturated carbocycles. The maximum atomic E-state index is 16.0. The Labute approximate surface area is 240 Å². The molecule has 0 aliphatic carbocycles. The summed E-state index contributed by atoms with van der Waals surface area (Å²) in [6.45, 7) is 14.0. The zero-order chi connectivity index (χ0) is 29.5. The minimum atomic E-state index is -0.769. The SMILES string of the molecule is Cc1ccnc(C(C)C)c1Nc1nc(-c2c(C)ccc3c2cnn3C2CCCCO2)c(F)cc1C(=O)OC(C)(C)C. The first-order chi connectivity index (χ1) is 19.4. The van der Waals surface area contributed by atoms with E-state index in [0.717, 1.165) is 52.7 Å². The van der Waals surface area contributed by atoms with Gasteiger partial charge in [0.15, 0.2) is 12.0 Å². The minimum absolute atomic E-state index is 0.00950. The van der Waals surface area contributed by atoms with Gasteiger partial charge in [0.2, 0.25) is 0 Å². The van der Waals surface area contributed by atoms with Crippen LogP contribution in [0.2, 0.25) is 0 Å². The van der Waals surface area contributed by atoms with Crippen LogP contribution in [0, 0.1) is 19.7 Å². The molecule has 3 aromatic heterocycles. The van der Waals surface area contributed by atoms with Gasteiger partial charge < -0.3 is 14.8 Å². The molecule has 1 aliphatic heterocycles. The van der Waals surface area contributed by atoms with Crippen molar-refractivity contribution in [3.05, 3.63) is 64.9 Å². The second-order valence-corrected chi connectivity index (χ2v) is 12.0. The smallest absolute Gasteiger partial charge is 0.342 e. The van der Waals surface area contributed by atoms with E-state index in [1.807, 2.05) is 50.6 Å². The summed E-state index contributed by atoms with van der Waals surface area (Å²) in [7, 11) is 0. The van der Waals surface area contributed by atoms with Gasteiger partial charge in [-0.25, -0.2) is 18.9 Å². The van der Waals surface area contributed by atoms with Gasteiger partial charge in [0.05, 0.1) is 23.1 Å². The lowest BCUT2D eigenvalue weighted by molar-refractivity contribution is -0.0366. The van der Waals surface area contributed by atoms with Crippen LogP contribution in [0.3, 0.4) is 0 Å². The molecule has 1 aliphatic rings. The number of anilines is 2. The van der Waals surface area contributed by atoms with Crippen molar-refractivity contribution in [2.45, 2.75) is 85.5 Å². The number of nitrogens with one attached hydrogen (secondary N) is 1. The van der Waals surface area contributed by atoms with E-state index in [2.05, 4.69) is 15.4 Å². The largest absolute Gasteiger partial charge is 0.456 e. The molecule has 1 aromatic carbocycles. The molecule has 9 heteroatoms. The fourth-order valence-electron chi connectivity index (χ4n) is 5.24. The predicted octanol–water partition coefficient (Wildman–Crippen LogP) is 7.77. The fraction of sp³-hybridized carbons (Fsp3) is 0.438. The Hall–Kier alpha value is -3.85. The number of hydrogen-bond donors (Lipinski definition) is 1. The van der Waals surface area contributed by atoms with Crippen molar-refractivity contribution in [1.29, 1.82) is 0 Å². The average molecular weight is 560 g/mol. The van der Waals surface area contributed by atoms with Crippen LogP contribution in [0.25, 0.3) is 22.2 Å². The van der Waals surface area contributed by atoms with Crippen LogP contribution in [-0.2, 0) is 9.47 Å². The van der Waals surface area contributed by atoms with Crippen molar-refractivity contribution in [2.75, 3.05) is 11.9 Å². The Bertz CT molecular complexity index is 1600. The van der Waals surface area contributed by atoms with Crippen LogP contribution < -0.4 is 5.32 Å². The summed E-state index contributed by atoms with van der Waals surface area (Å²) in [5.41, 5.74) is 4.14. The molecule has 4 aromatic rings. The number of rotatable bonds is 6. The van der Waals surface area contributed by atoms with Crippen LogP contribution in [0.5, 0.6) is 0 Å². The summed E-state index contributed by atoms with van der Waals surface area (Å²) in [6, 6.07) is 7.03. The maximum Gasteiger partial charge on any atom is 0.342 e. The van der Waals surface area contributed by atoms with Gasteiger partial charge in [0.25, 0.3) is 0 Å². The number of aromatic nitrogens is 4. The number of ether oxygens (including phenoxy) is 2. The highest BCUT2D eigenvalue weighted by Gasteiger charge is 2.27. The number of carbonyl (C=O) groups is 1. The number of benzene rings is 1. The van der Waals surface area contributed by atoms with E-state index in [4.69, 9.17) is 14.5 Å². The number of halogens is 1. The third-order valence-corrected chi connectivity index (χ3v) is 7.23. The minimum Gasteiger partial charge on any atom is -0.456 e. The van der Waals surface area contributed by atoms with E-state index in [1.165, 1.54) is 6.07 Å². The van der Waals surface area contributed by atoms with Crippen molar-refractivity contribution in [3.8, 4) is 11.3 Å². The Morgan fingerprint density at radius 1 is 1.17 bits per heavy atom. The number of aryl methyl sites for hydroxylation is 2. The lowest BCUT2D eigenvalue weighted by Crippen LogP contribution is -2.25. The van der Waals surface area contributed by atoms with Gasteiger partial charge in [-0.1, -0.05) is 19.9 Å². The van der Waals surface area contributed by atoms with E-state index >= 15 is 4.39 Å². The van der Waals surface area contributed by atoms with Gasteiger partial charge in [-0.3, -0.25) is 4.98 Å². The van der Waals surface area contributed by atoms with Crippen LogP contribution in [-0.4, -0.2) is 37.9 Å². The van der Waals surface area contributed by atoms with Crippen molar-refractivity contribution < 1.29 is 18.7 Å². The normalized spacial score (nSPS) is 15.9. The van der Waals surface area contributed by atoms with Crippen molar-refractivity contribution in [2.24, 2.45) is 0 Å². The third-order valence-electron chi connectivity index (χ3n) is 7.23. The molecule has 1 atom stereocenters. The zero-order valence-corrected chi connectivity index (χ0v) is 24.8. The van der Waals surface area contributed by atoms with E-state index in [-0.39, 0.29) is 29.2 Å². The van der Waals surface area contributed by atoms with Crippen LogP contribution in [0.1, 0.15) is 93.2 Å². The fourth-order valence-corrected chi connectivity index (χ4v) is 5.24. The van der Waals surface area contributed by atoms with Crippen LogP contribution >= 0.6 is 0 Å². The summed E-state index contributed by atoms with van der Waals surface area (Å²) in [6.07, 6.45) is 6.30. The first kappa shape index (κ1) is 28.7. The van der Waals surface area contributed by atoms with Crippen molar-refractivity contribution >= 4 is 28.4 Å². The third kappa shape index (κ3) is 5.81. The van der Waals surface area contributed by atoms with Crippen LogP contribution in [0.15, 0.2) is 36.7 Å². The Balaban J connectivity index is 1.69. The van der Waals surface area contributed by atoms with Gasteiger partial charge in [-0.2, -0.15) is 5.10 Å². The molecular weight excluding hydrogens is 521 g/mol. The molecule has 1 fully saturated rings. The molecule has 5 rings (SSSR count). The van der Waals surface area contributed by atoms with E-state index in [9.17, 15) is 4.79 Å². The first-order valence-electron chi connectivity index (χ1n) is 14.2. The molecule has 0 spiro atoms. The highest BCUT2D eigenvalue weighted by Crippen LogP contribution is 2.38. The highest BCUT2D eigenvalue weighted by atomic mass is 19.1. The second-order valence-electron chi connectivity index (χ2n) is 12.0. The monoisotopic (exact) mass is 559 g/mol. The lowest BCUT2D eigenvalue weighted by Gasteiger charge is -2.23. The van der Waals surface area contributed by atoms with E-state index < -0.39 is 17.4 Å². The van der Waals surface area contributed by atoms with E-state index in [0.29, 0.717) is 12.2 Å². The summed E-state index contributed by atoms with van der Waals surface area (Å²) < 4.78 is 29.5. The Kier molecular flexibility index (Phi) is 7.83. The summed E-state index contributed by atoms with van der Waals surface area (Å²) in [5, 5.41) is 8.74. The molecule has 1 N–H and O–H groups in total. The van der Waals surface area contributed by atoms with Crippen molar-refractivity contribution in [1.82, 2.24) is 19.7 Å². The number of fused-ring (bicyclic) bond motifs is 1. The molecule has 0 radical (unpaired) electrons. The molecule has 0 amide bonds. The standard InChI is InChI=1S/C32H38FN5O3/c1-18(2)27-28(20(4)13-14-34-27)36-30-21(31(39)41-32(5,6)7)16-23(33)29(37-30)26-19(3)11-12-24-22(26)17-35-38(24)25-10-8-9-15-40-25/h11-14,16-18,25H,8-10,15H2,1-7H3,(H,36,37). The van der Waals surface area contributed by atoms with Crippen molar-refractivity contribution in [3.63, 3.8) is 0 Å². The Morgan fingerprint density at radius 3 is 2.63 bits per heavy atom. The predicted molar refractivity (Wildman–Crippen MR) is 158 cm³/mol. The average Bonchev–Trinajstić information content (AvgIpc) is 3.34. The molecule has 216 valence electrons. The van der Waals surface area contributed by atoms with Gasteiger partial charge in [0.1, 0.15) is 22.7 Å². The second kappa shape index (κ2) is 11.2. The molecular formula is C32H38FN5O3. The van der Waals surface area contributed by atoms with Gasteiger partial charge in [-0.05, 0) is 89.1 Å². The van der Waals surface area contributed by atoms with Crippen LogP contribution in [0.4, 0.5) is 15.9 Å². The summed E-state index contributed by atoms with van der Waals surface area (Å²) in [5.74, 6) is -0.984. The quantitative estimate of drug-likeness (QED) is 0.241. The lowest BCUT2D eigenvalue weighted by atomic mass is 9.99. The highest BCUT2D eigenvalue weighted by molar-refractivity contribution is 5.99. The molecule has 1 unspecified atom stereocenters. The number of esters is 1. The Morgan fingerprint density at radius 2 is 1.95 bits per heavy atom. The molecule has 4 heterocycles. The number of pyridine rings is 2. The molecule has 1 saturated heterocycles. The van der Waals surface area contributed by atoms with Gasteiger partial charge in [0, 0.05) is 23.8 Å². The summed E-state index contributed by atoms with van der Waals surface area (Å²) >= 11 is 0. The first-order valence-corrected chi connectivity index (χ1v) is 14.2.